The van der Waals surface area contributed by atoms with Gasteiger partial charge in [-0.2, -0.15) is 0 Å². The van der Waals surface area contributed by atoms with Crippen LogP contribution in [0.3, 0.4) is 0 Å². The molecule has 0 unspecified atom stereocenters. The molecule has 0 aliphatic heterocycles. The van der Waals surface area contributed by atoms with E-state index in [0.717, 1.165) is 10.9 Å². The number of anilines is 1. The molecule has 2 heterocycles. The maximum absolute atomic E-state index is 12.8. The van der Waals surface area contributed by atoms with E-state index in [1.54, 1.807) is 35.8 Å². The van der Waals surface area contributed by atoms with Gasteiger partial charge in [0.2, 0.25) is 0 Å². The van der Waals surface area contributed by atoms with Crippen molar-refractivity contribution in [3.8, 4) is 0 Å². The number of carbonyl (C=O) groups excluding carboxylic acids is 1. The highest BCUT2D eigenvalue weighted by Crippen LogP contribution is 2.23. The molecule has 0 saturated heterocycles. The molecule has 4 rings (SSSR count). The molecule has 0 amide bonds. The van der Waals surface area contributed by atoms with Gasteiger partial charge in [-0.15, -0.1) is 0 Å². The third kappa shape index (κ3) is 1.79. The zero-order valence-corrected chi connectivity index (χ0v) is 11.9. The van der Waals surface area contributed by atoms with Crippen LogP contribution in [0.4, 0.5) is 5.69 Å². The lowest BCUT2D eigenvalue weighted by Crippen LogP contribution is -2.12. The van der Waals surface area contributed by atoms with Crippen LogP contribution in [0.15, 0.2) is 52.9 Å². The number of fused-ring (bicyclic) bond motifs is 2. The first-order valence-corrected chi connectivity index (χ1v) is 6.91. The minimum absolute atomic E-state index is 0.235. The van der Waals surface area contributed by atoms with Crippen LogP contribution >= 0.6 is 0 Å². The van der Waals surface area contributed by atoms with Gasteiger partial charge in [-0.1, -0.05) is 18.2 Å². The molecule has 0 saturated carbocycles. The number of aryl methyl sites for hydroxylation is 1. The fourth-order valence-electron chi connectivity index (χ4n) is 2.67. The van der Waals surface area contributed by atoms with Crippen molar-refractivity contribution in [2.75, 3.05) is 5.73 Å². The molecule has 4 aromatic rings. The van der Waals surface area contributed by atoms with Crippen molar-refractivity contribution in [2.24, 2.45) is 0 Å². The largest absolute Gasteiger partial charge is 0.451 e. The first kappa shape index (κ1) is 12.6. The average molecular weight is 291 g/mol. The molecule has 2 aromatic heterocycles. The summed E-state index contributed by atoms with van der Waals surface area (Å²) in [6.45, 7) is 1.79. The van der Waals surface area contributed by atoms with Gasteiger partial charge < -0.3 is 10.2 Å². The first-order chi connectivity index (χ1) is 10.6. The first-order valence-electron chi connectivity index (χ1n) is 6.91. The Balaban J connectivity index is 1.90. The molecular formula is C17H13N3O2. The summed E-state index contributed by atoms with van der Waals surface area (Å²) in [6.07, 6.45) is 0. The van der Waals surface area contributed by atoms with Crippen molar-refractivity contribution in [2.45, 2.75) is 6.92 Å². The summed E-state index contributed by atoms with van der Waals surface area (Å²) in [5.74, 6) is 0.660. The smallest absolute Gasteiger partial charge is 0.299 e. The lowest BCUT2D eigenvalue weighted by Gasteiger charge is -2.02. The van der Waals surface area contributed by atoms with Gasteiger partial charge in [0, 0.05) is 11.1 Å². The molecular weight excluding hydrogens is 278 g/mol. The summed E-state index contributed by atoms with van der Waals surface area (Å²) in [6, 6.07) is 14.6. The summed E-state index contributed by atoms with van der Waals surface area (Å²) in [4.78, 5) is 17.2. The monoisotopic (exact) mass is 291 g/mol. The SMILES string of the molecule is Cc1nc2cc(N)ccc2n1C(=O)c1cc2ccccc2o1. The van der Waals surface area contributed by atoms with Gasteiger partial charge in [-0.3, -0.25) is 9.36 Å². The number of nitrogens with zero attached hydrogens (tertiary/aromatic N) is 2. The van der Waals surface area contributed by atoms with E-state index in [0.29, 0.717) is 28.4 Å². The van der Waals surface area contributed by atoms with E-state index in [-0.39, 0.29) is 5.91 Å². The highest BCUT2D eigenvalue weighted by atomic mass is 16.3. The second-order valence-corrected chi connectivity index (χ2v) is 5.20. The van der Waals surface area contributed by atoms with Crippen LogP contribution in [0, 0.1) is 6.92 Å². The highest BCUT2D eigenvalue weighted by molar-refractivity contribution is 6.02. The minimum atomic E-state index is -0.235. The Labute approximate surface area is 126 Å². The Kier molecular flexibility index (Phi) is 2.56. The number of nitrogen functional groups attached to an aromatic ring is 1. The molecule has 2 aromatic carbocycles. The molecule has 2 N–H and O–H groups in total. The molecule has 5 nitrogen and oxygen atoms in total. The van der Waals surface area contributed by atoms with Gasteiger partial charge in [0.15, 0.2) is 5.76 Å². The van der Waals surface area contributed by atoms with Crippen molar-refractivity contribution in [3.63, 3.8) is 0 Å². The third-order valence-electron chi connectivity index (χ3n) is 3.69. The molecule has 0 atom stereocenters. The minimum Gasteiger partial charge on any atom is -0.451 e. The van der Waals surface area contributed by atoms with Gasteiger partial charge in [0.25, 0.3) is 5.91 Å². The molecule has 0 aliphatic carbocycles. The lowest BCUT2D eigenvalue weighted by atomic mass is 10.2. The second kappa shape index (κ2) is 4.46. The molecule has 0 fully saturated rings. The van der Waals surface area contributed by atoms with Gasteiger partial charge in [-0.05, 0) is 37.3 Å². The van der Waals surface area contributed by atoms with Gasteiger partial charge >= 0.3 is 0 Å². The molecule has 0 aliphatic rings. The molecule has 5 heteroatoms. The Morgan fingerprint density at radius 1 is 1.18 bits per heavy atom. The fraction of sp³-hybridized carbons (Fsp3) is 0.0588. The van der Waals surface area contributed by atoms with E-state index in [2.05, 4.69) is 4.98 Å². The van der Waals surface area contributed by atoms with E-state index in [1.165, 1.54) is 0 Å². The van der Waals surface area contributed by atoms with Crippen LogP contribution < -0.4 is 5.73 Å². The van der Waals surface area contributed by atoms with Crippen molar-refractivity contribution in [1.29, 1.82) is 0 Å². The maximum atomic E-state index is 12.8. The third-order valence-corrected chi connectivity index (χ3v) is 3.69. The Bertz CT molecular complexity index is 994. The zero-order chi connectivity index (χ0) is 15.3. The van der Waals surface area contributed by atoms with Crippen LogP contribution in [0.2, 0.25) is 0 Å². The topological polar surface area (TPSA) is 74.0 Å². The van der Waals surface area contributed by atoms with E-state index >= 15 is 0 Å². The molecule has 22 heavy (non-hydrogen) atoms. The van der Waals surface area contributed by atoms with Crippen molar-refractivity contribution < 1.29 is 9.21 Å². The van der Waals surface area contributed by atoms with Crippen LogP contribution in [0.1, 0.15) is 16.4 Å². The number of hydrogen-bond acceptors (Lipinski definition) is 4. The fourth-order valence-corrected chi connectivity index (χ4v) is 2.67. The lowest BCUT2D eigenvalue weighted by molar-refractivity contribution is 0.0937. The van der Waals surface area contributed by atoms with E-state index in [4.69, 9.17) is 10.2 Å². The quantitative estimate of drug-likeness (QED) is 0.546. The number of imidazole rings is 1. The van der Waals surface area contributed by atoms with Crippen LogP contribution in [0.5, 0.6) is 0 Å². The second-order valence-electron chi connectivity index (χ2n) is 5.20. The van der Waals surface area contributed by atoms with E-state index < -0.39 is 0 Å². The predicted molar refractivity (Wildman–Crippen MR) is 84.8 cm³/mol. The predicted octanol–water partition coefficient (Wildman–Crippen LogP) is 3.36. The molecule has 108 valence electrons. The summed E-state index contributed by atoms with van der Waals surface area (Å²) < 4.78 is 7.21. The summed E-state index contributed by atoms with van der Waals surface area (Å²) in [7, 11) is 0. The van der Waals surface area contributed by atoms with Crippen LogP contribution in [0.25, 0.3) is 22.0 Å². The number of carbonyl (C=O) groups is 1. The van der Waals surface area contributed by atoms with E-state index in [1.807, 2.05) is 24.3 Å². The average Bonchev–Trinajstić information content (AvgIpc) is 3.06. The highest BCUT2D eigenvalue weighted by Gasteiger charge is 2.19. The maximum Gasteiger partial charge on any atom is 0.299 e. The number of hydrogen-bond donors (Lipinski definition) is 1. The Morgan fingerprint density at radius 2 is 2.00 bits per heavy atom. The summed E-state index contributed by atoms with van der Waals surface area (Å²) >= 11 is 0. The molecule has 0 bridgehead atoms. The normalized spacial score (nSPS) is 11.3. The number of benzene rings is 2. The zero-order valence-electron chi connectivity index (χ0n) is 11.9. The molecule has 0 radical (unpaired) electrons. The Hall–Kier alpha value is -3.08. The molecule has 0 spiro atoms. The number of aromatic nitrogens is 2. The number of furan rings is 1. The van der Waals surface area contributed by atoms with Crippen molar-refractivity contribution >= 4 is 33.6 Å². The number of para-hydroxylation sites is 1. The summed E-state index contributed by atoms with van der Waals surface area (Å²) in [5.41, 5.74) is 8.50. The summed E-state index contributed by atoms with van der Waals surface area (Å²) in [5, 5.41) is 0.900. The van der Waals surface area contributed by atoms with Crippen LogP contribution in [-0.2, 0) is 0 Å². The van der Waals surface area contributed by atoms with Gasteiger partial charge in [-0.25, -0.2) is 4.98 Å². The van der Waals surface area contributed by atoms with E-state index in [9.17, 15) is 4.79 Å². The van der Waals surface area contributed by atoms with Crippen molar-refractivity contribution in [1.82, 2.24) is 9.55 Å². The van der Waals surface area contributed by atoms with Crippen LogP contribution in [-0.4, -0.2) is 15.5 Å². The Morgan fingerprint density at radius 3 is 2.82 bits per heavy atom. The van der Waals surface area contributed by atoms with Gasteiger partial charge in [0.1, 0.15) is 11.4 Å². The van der Waals surface area contributed by atoms with Gasteiger partial charge in [0.05, 0.1) is 11.0 Å². The number of nitrogens with two attached hydrogens (primary N) is 1. The van der Waals surface area contributed by atoms with Crippen molar-refractivity contribution in [3.05, 3.63) is 60.1 Å². The number of rotatable bonds is 1. The standard InChI is InChI=1S/C17H13N3O2/c1-10-19-13-9-12(18)6-7-14(13)20(10)17(21)16-8-11-4-2-3-5-15(11)22-16/h2-9H,18H2,1H3.